The molecule has 4 aromatic rings. The van der Waals surface area contributed by atoms with Crippen molar-refractivity contribution in [2.45, 2.75) is 19.8 Å². The second-order valence-electron chi connectivity index (χ2n) is 7.01. The number of aromatic nitrogens is 1. The third kappa shape index (κ3) is 5.27. The molecule has 4 nitrogen and oxygen atoms in total. The second kappa shape index (κ2) is 9.87. The van der Waals surface area contributed by atoms with Gasteiger partial charge >= 0.3 is 0 Å². The smallest absolute Gasteiger partial charge is 0.225 e. The minimum atomic E-state index is -0.398. The van der Waals surface area contributed by atoms with Gasteiger partial charge in [-0.05, 0) is 40.5 Å². The van der Waals surface area contributed by atoms with Gasteiger partial charge in [0.05, 0.1) is 6.61 Å². The Balaban J connectivity index is 1.65. The van der Waals surface area contributed by atoms with Crippen molar-refractivity contribution in [2.24, 2.45) is 0 Å². The van der Waals surface area contributed by atoms with Gasteiger partial charge in [-0.2, -0.15) is 4.98 Å². The maximum absolute atomic E-state index is 14.0. The maximum atomic E-state index is 14.0. The lowest BCUT2D eigenvalue weighted by Gasteiger charge is -2.15. The van der Waals surface area contributed by atoms with Crippen LogP contribution >= 0.6 is 0 Å². The second-order valence-corrected chi connectivity index (χ2v) is 7.01. The molecule has 0 aliphatic carbocycles. The van der Waals surface area contributed by atoms with Crippen molar-refractivity contribution in [3.05, 3.63) is 114 Å². The van der Waals surface area contributed by atoms with E-state index in [1.807, 2.05) is 60.7 Å². The molecule has 0 spiro atoms. The summed E-state index contributed by atoms with van der Waals surface area (Å²) < 4.78 is 25.8. The van der Waals surface area contributed by atoms with E-state index in [9.17, 15) is 9.50 Å². The Hall–Kier alpha value is -3.70. The van der Waals surface area contributed by atoms with Gasteiger partial charge in [0.1, 0.15) is 19.0 Å². The van der Waals surface area contributed by atoms with Crippen LogP contribution in [-0.4, -0.2) is 10.1 Å². The topological polar surface area (TPSA) is 51.6 Å². The number of rotatable bonds is 8. The molecule has 0 radical (unpaired) electrons. The molecule has 5 heteroatoms. The average molecular weight is 415 g/mol. The molecule has 0 saturated carbocycles. The van der Waals surface area contributed by atoms with Gasteiger partial charge in [0.15, 0.2) is 0 Å². The van der Waals surface area contributed by atoms with Gasteiger partial charge in [-0.15, -0.1) is 0 Å². The van der Waals surface area contributed by atoms with E-state index in [1.54, 1.807) is 18.2 Å². The zero-order valence-corrected chi connectivity index (χ0v) is 16.9. The van der Waals surface area contributed by atoms with E-state index >= 15 is 0 Å². The molecular formula is C26H22FNO3. The summed E-state index contributed by atoms with van der Waals surface area (Å²) in [7, 11) is 0. The summed E-state index contributed by atoms with van der Waals surface area (Å²) in [5.41, 5.74) is 3.71. The molecule has 0 aliphatic heterocycles. The maximum Gasteiger partial charge on any atom is 0.225 e. The molecule has 1 heterocycles. The van der Waals surface area contributed by atoms with Crippen molar-refractivity contribution in [3.8, 4) is 22.9 Å². The van der Waals surface area contributed by atoms with Gasteiger partial charge in [-0.3, -0.25) is 0 Å². The highest BCUT2D eigenvalue weighted by Gasteiger charge is 2.15. The Morgan fingerprint density at radius 1 is 0.710 bits per heavy atom. The average Bonchev–Trinajstić information content (AvgIpc) is 2.83. The lowest BCUT2D eigenvalue weighted by Crippen LogP contribution is -2.03. The van der Waals surface area contributed by atoms with Crippen LogP contribution in [0.5, 0.6) is 11.8 Å². The van der Waals surface area contributed by atoms with Gasteiger partial charge < -0.3 is 14.6 Å². The molecule has 1 aromatic heterocycles. The fourth-order valence-electron chi connectivity index (χ4n) is 3.21. The Morgan fingerprint density at radius 2 is 1.35 bits per heavy atom. The monoisotopic (exact) mass is 415 g/mol. The van der Waals surface area contributed by atoms with Crippen LogP contribution in [0, 0.1) is 5.82 Å². The Morgan fingerprint density at radius 3 is 2.00 bits per heavy atom. The highest BCUT2D eigenvalue weighted by molar-refractivity contribution is 5.72. The molecule has 156 valence electrons. The van der Waals surface area contributed by atoms with Crippen molar-refractivity contribution in [2.75, 3.05) is 0 Å². The SMILES string of the molecule is OCc1ccc(F)cc1-c1ccc(OCc2ccccc2)nc1OCc1ccccc1. The zero-order valence-electron chi connectivity index (χ0n) is 16.9. The number of pyridine rings is 1. The van der Waals surface area contributed by atoms with Crippen LogP contribution < -0.4 is 9.47 Å². The molecule has 0 atom stereocenters. The van der Waals surface area contributed by atoms with Gasteiger partial charge in [0.2, 0.25) is 11.8 Å². The number of aliphatic hydroxyl groups is 1. The summed E-state index contributed by atoms with van der Waals surface area (Å²) in [5, 5.41) is 9.73. The fraction of sp³-hybridized carbons (Fsp3) is 0.115. The molecule has 0 bridgehead atoms. The highest BCUT2D eigenvalue weighted by Crippen LogP contribution is 2.34. The van der Waals surface area contributed by atoms with Crippen molar-refractivity contribution in [3.63, 3.8) is 0 Å². The third-order valence-electron chi connectivity index (χ3n) is 4.82. The lowest BCUT2D eigenvalue weighted by atomic mass is 10.0. The van der Waals surface area contributed by atoms with Crippen LogP contribution in [0.15, 0.2) is 91.0 Å². The number of benzene rings is 3. The summed E-state index contributed by atoms with van der Waals surface area (Å²) in [5.74, 6) is 0.318. The Labute approximate surface area is 180 Å². The van der Waals surface area contributed by atoms with Crippen molar-refractivity contribution >= 4 is 0 Å². The largest absolute Gasteiger partial charge is 0.473 e. The summed E-state index contributed by atoms with van der Waals surface area (Å²) in [6, 6.07) is 27.3. The molecule has 1 N–H and O–H groups in total. The number of aliphatic hydroxyl groups excluding tert-OH is 1. The quantitative estimate of drug-likeness (QED) is 0.411. The summed E-state index contributed by atoms with van der Waals surface area (Å²) in [6.07, 6.45) is 0. The van der Waals surface area contributed by atoms with Crippen LogP contribution in [-0.2, 0) is 19.8 Å². The molecule has 4 rings (SSSR count). The number of hydrogen-bond donors (Lipinski definition) is 1. The fourth-order valence-corrected chi connectivity index (χ4v) is 3.21. The van der Waals surface area contributed by atoms with Gasteiger partial charge in [-0.1, -0.05) is 66.7 Å². The molecule has 31 heavy (non-hydrogen) atoms. The molecule has 0 unspecified atom stereocenters. The molecule has 0 fully saturated rings. The lowest BCUT2D eigenvalue weighted by molar-refractivity contribution is 0.268. The van der Waals surface area contributed by atoms with E-state index < -0.39 is 5.82 Å². The van der Waals surface area contributed by atoms with Gasteiger partial charge in [-0.25, -0.2) is 4.39 Å². The van der Waals surface area contributed by atoms with Crippen LogP contribution in [0.1, 0.15) is 16.7 Å². The minimum absolute atomic E-state index is 0.222. The summed E-state index contributed by atoms with van der Waals surface area (Å²) >= 11 is 0. The summed E-state index contributed by atoms with van der Waals surface area (Å²) in [6.45, 7) is 0.444. The number of hydrogen-bond acceptors (Lipinski definition) is 4. The highest BCUT2D eigenvalue weighted by atomic mass is 19.1. The Kier molecular flexibility index (Phi) is 6.55. The zero-order chi connectivity index (χ0) is 21.5. The molecule has 0 amide bonds. The van der Waals surface area contributed by atoms with Crippen molar-refractivity contribution in [1.29, 1.82) is 0 Å². The van der Waals surface area contributed by atoms with Crippen LogP contribution in [0.3, 0.4) is 0 Å². The predicted octanol–water partition coefficient (Wildman–Crippen LogP) is 5.54. The Bertz CT molecular complexity index is 1130. The van der Waals surface area contributed by atoms with Crippen LogP contribution in [0.25, 0.3) is 11.1 Å². The van der Waals surface area contributed by atoms with E-state index in [-0.39, 0.29) is 6.61 Å². The minimum Gasteiger partial charge on any atom is -0.473 e. The normalized spacial score (nSPS) is 10.6. The predicted molar refractivity (Wildman–Crippen MR) is 117 cm³/mol. The number of nitrogens with zero attached hydrogens (tertiary/aromatic N) is 1. The molecule has 0 aliphatic rings. The van der Waals surface area contributed by atoms with Crippen LogP contribution in [0.2, 0.25) is 0 Å². The summed E-state index contributed by atoms with van der Waals surface area (Å²) in [4.78, 5) is 4.54. The molecule has 3 aromatic carbocycles. The first-order chi connectivity index (χ1) is 15.2. The van der Waals surface area contributed by atoms with Gasteiger partial charge in [0, 0.05) is 11.6 Å². The van der Waals surface area contributed by atoms with E-state index in [4.69, 9.17) is 9.47 Å². The van der Waals surface area contributed by atoms with Crippen molar-refractivity contribution < 1.29 is 19.0 Å². The first-order valence-electron chi connectivity index (χ1n) is 9.97. The van der Waals surface area contributed by atoms with E-state index in [1.165, 1.54) is 12.1 Å². The first kappa shape index (κ1) is 20.6. The molecule has 0 saturated heterocycles. The number of halogens is 1. The van der Waals surface area contributed by atoms with Gasteiger partial charge in [0.25, 0.3) is 0 Å². The first-order valence-corrected chi connectivity index (χ1v) is 9.97. The van der Waals surface area contributed by atoms with E-state index in [0.29, 0.717) is 41.7 Å². The van der Waals surface area contributed by atoms with E-state index in [0.717, 1.165) is 11.1 Å². The van der Waals surface area contributed by atoms with E-state index in [2.05, 4.69) is 4.98 Å². The van der Waals surface area contributed by atoms with Crippen molar-refractivity contribution in [1.82, 2.24) is 4.98 Å². The van der Waals surface area contributed by atoms with Crippen LogP contribution in [0.4, 0.5) is 4.39 Å². The molecular weight excluding hydrogens is 393 g/mol. The third-order valence-corrected chi connectivity index (χ3v) is 4.82. The standard InChI is InChI=1S/C26H22FNO3/c27-22-12-11-21(16-29)24(15-22)23-13-14-25(30-17-19-7-3-1-4-8-19)28-26(23)31-18-20-9-5-2-6-10-20/h1-15,29H,16-18H2. The number of ether oxygens (including phenoxy) is 2.